The number of nitrogens with zero attached hydrogens (tertiary/aromatic N) is 1. The van der Waals surface area contributed by atoms with Gasteiger partial charge in [0.15, 0.2) is 0 Å². The van der Waals surface area contributed by atoms with Gasteiger partial charge in [-0.15, -0.1) is 0 Å². The molecule has 0 aliphatic carbocycles. The highest BCUT2D eigenvalue weighted by molar-refractivity contribution is 6.30. The van der Waals surface area contributed by atoms with Crippen molar-refractivity contribution >= 4 is 29.1 Å². The van der Waals surface area contributed by atoms with Gasteiger partial charge < -0.3 is 20.3 Å². The Labute approximate surface area is 236 Å². The van der Waals surface area contributed by atoms with Crippen LogP contribution in [0.2, 0.25) is 5.02 Å². The minimum atomic E-state index is -0.224. The number of amides is 2. The summed E-state index contributed by atoms with van der Waals surface area (Å²) in [5, 5.41) is 6.42. The number of unbranched alkanes of at least 4 members (excludes halogenated alkanes) is 1. The van der Waals surface area contributed by atoms with Crippen LogP contribution in [0.5, 0.6) is 5.75 Å². The first kappa shape index (κ1) is 28.7. The molecule has 0 spiro atoms. The summed E-state index contributed by atoms with van der Waals surface area (Å²) in [5.41, 5.74) is 4.31. The number of likely N-dealkylation sites (tertiary alicyclic amines) is 1. The number of carbonyl (C=O) groups excluding carboxylic acids is 2. The smallest absolute Gasteiger partial charge is 0.255 e. The van der Waals surface area contributed by atoms with E-state index in [4.69, 9.17) is 16.3 Å². The van der Waals surface area contributed by atoms with E-state index in [1.165, 1.54) is 11.1 Å². The molecule has 0 bridgehead atoms. The normalized spacial score (nSPS) is 14.1. The number of aryl methyl sites for hydroxylation is 1. The average molecular weight is 548 g/mol. The zero-order valence-electron chi connectivity index (χ0n) is 22.8. The maximum absolute atomic E-state index is 12.5. The van der Waals surface area contributed by atoms with E-state index in [1.54, 1.807) is 48.5 Å². The minimum Gasteiger partial charge on any atom is -0.494 e. The maximum atomic E-state index is 12.5. The first-order valence-corrected chi connectivity index (χ1v) is 14.2. The molecule has 2 amide bonds. The maximum Gasteiger partial charge on any atom is 0.255 e. The summed E-state index contributed by atoms with van der Waals surface area (Å²) in [6, 6.07) is 20.2. The van der Waals surface area contributed by atoms with Crippen molar-refractivity contribution in [3.05, 3.63) is 94.0 Å². The number of hydrogen-bond donors (Lipinski definition) is 2. The summed E-state index contributed by atoms with van der Waals surface area (Å²) in [6.07, 6.45) is 4.29. The van der Waals surface area contributed by atoms with Crippen molar-refractivity contribution in [2.24, 2.45) is 0 Å². The van der Waals surface area contributed by atoms with Crippen LogP contribution in [-0.2, 0) is 0 Å². The number of anilines is 1. The monoisotopic (exact) mass is 547 g/mol. The van der Waals surface area contributed by atoms with E-state index < -0.39 is 0 Å². The summed E-state index contributed by atoms with van der Waals surface area (Å²) < 4.78 is 5.91. The second-order valence-corrected chi connectivity index (χ2v) is 10.5. The molecule has 1 aliphatic heterocycles. The third-order valence-electron chi connectivity index (χ3n) is 7.19. The van der Waals surface area contributed by atoms with E-state index in [9.17, 15) is 9.59 Å². The topological polar surface area (TPSA) is 70.7 Å². The number of carbonyl (C=O) groups is 2. The van der Waals surface area contributed by atoms with Crippen molar-refractivity contribution in [3.63, 3.8) is 0 Å². The molecule has 0 radical (unpaired) electrons. The Morgan fingerprint density at radius 2 is 1.59 bits per heavy atom. The van der Waals surface area contributed by atoms with Gasteiger partial charge in [-0.05, 0) is 131 Å². The van der Waals surface area contributed by atoms with Crippen molar-refractivity contribution < 1.29 is 14.3 Å². The standard InChI is InChI=1S/C32H38ClN3O3/c1-3-39-30-22-23(2)6-15-29(30)24-16-20-36(21-17-24)19-5-4-18-34-31(37)25-9-13-28(14-10-25)35-32(38)26-7-11-27(33)12-8-26/h6-15,22,24H,3-5,16-21H2,1-2H3,(H,34,37)(H,35,38). The van der Waals surface area contributed by atoms with Gasteiger partial charge in [0.25, 0.3) is 11.8 Å². The lowest BCUT2D eigenvalue weighted by Gasteiger charge is -2.33. The number of hydrogen-bond acceptors (Lipinski definition) is 4. The number of rotatable bonds is 11. The molecule has 0 aromatic heterocycles. The summed E-state index contributed by atoms with van der Waals surface area (Å²) >= 11 is 5.88. The molecule has 7 heteroatoms. The van der Waals surface area contributed by atoms with Crippen molar-refractivity contribution in [1.29, 1.82) is 0 Å². The molecule has 1 heterocycles. The molecule has 206 valence electrons. The Balaban J connectivity index is 1.13. The molecule has 0 unspecified atom stereocenters. The fraction of sp³-hybridized carbons (Fsp3) is 0.375. The van der Waals surface area contributed by atoms with Crippen LogP contribution in [-0.4, -0.2) is 49.5 Å². The molecule has 2 N–H and O–H groups in total. The lowest BCUT2D eigenvalue weighted by molar-refractivity contribution is 0.0951. The Morgan fingerprint density at radius 1 is 0.923 bits per heavy atom. The molecular formula is C32H38ClN3O3. The molecule has 1 fully saturated rings. The van der Waals surface area contributed by atoms with Gasteiger partial charge in [0.1, 0.15) is 5.75 Å². The lowest BCUT2D eigenvalue weighted by Crippen LogP contribution is -2.34. The fourth-order valence-corrected chi connectivity index (χ4v) is 5.13. The second kappa shape index (κ2) is 14.2. The molecule has 39 heavy (non-hydrogen) atoms. The highest BCUT2D eigenvalue weighted by atomic mass is 35.5. The average Bonchev–Trinajstić information content (AvgIpc) is 2.94. The second-order valence-electron chi connectivity index (χ2n) is 10.1. The summed E-state index contributed by atoms with van der Waals surface area (Å²) in [7, 11) is 0. The number of piperidine rings is 1. The van der Waals surface area contributed by atoms with Crippen LogP contribution < -0.4 is 15.4 Å². The molecule has 3 aromatic rings. The van der Waals surface area contributed by atoms with Crippen LogP contribution in [0.1, 0.15) is 70.4 Å². The molecular weight excluding hydrogens is 510 g/mol. The molecule has 1 aliphatic rings. The zero-order chi connectivity index (χ0) is 27.6. The third-order valence-corrected chi connectivity index (χ3v) is 7.45. The predicted molar refractivity (Wildman–Crippen MR) is 158 cm³/mol. The van der Waals surface area contributed by atoms with Gasteiger partial charge >= 0.3 is 0 Å². The van der Waals surface area contributed by atoms with E-state index in [0.717, 1.165) is 51.1 Å². The number of halogens is 1. The van der Waals surface area contributed by atoms with Crippen LogP contribution in [0.25, 0.3) is 0 Å². The van der Waals surface area contributed by atoms with Crippen LogP contribution in [0.4, 0.5) is 5.69 Å². The van der Waals surface area contributed by atoms with Crippen molar-refractivity contribution in [1.82, 2.24) is 10.2 Å². The first-order valence-electron chi connectivity index (χ1n) is 13.8. The minimum absolute atomic E-state index is 0.102. The van der Waals surface area contributed by atoms with Gasteiger partial charge in [-0.3, -0.25) is 9.59 Å². The Hall–Kier alpha value is -3.35. The highest BCUT2D eigenvalue weighted by Crippen LogP contribution is 2.35. The highest BCUT2D eigenvalue weighted by Gasteiger charge is 2.23. The van der Waals surface area contributed by atoms with Crippen molar-refractivity contribution in [2.75, 3.05) is 38.1 Å². The van der Waals surface area contributed by atoms with E-state index in [0.29, 0.717) is 40.9 Å². The zero-order valence-corrected chi connectivity index (χ0v) is 23.6. The van der Waals surface area contributed by atoms with Crippen LogP contribution in [0.15, 0.2) is 66.7 Å². The van der Waals surface area contributed by atoms with Crippen molar-refractivity contribution in [2.45, 2.75) is 45.4 Å². The van der Waals surface area contributed by atoms with Crippen LogP contribution >= 0.6 is 11.6 Å². The SMILES string of the molecule is CCOc1cc(C)ccc1C1CCN(CCCCNC(=O)c2ccc(NC(=O)c3ccc(Cl)cc3)cc2)CC1. The van der Waals surface area contributed by atoms with Gasteiger partial charge in [0.2, 0.25) is 0 Å². The summed E-state index contributed by atoms with van der Waals surface area (Å²) in [4.78, 5) is 27.4. The Bertz CT molecular complexity index is 1240. The quantitative estimate of drug-likeness (QED) is 0.262. The fourth-order valence-electron chi connectivity index (χ4n) is 5.00. The van der Waals surface area contributed by atoms with Gasteiger partial charge in [-0.25, -0.2) is 0 Å². The van der Waals surface area contributed by atoms with Crippen molar-refractivity contribution in [3.8, 4) is 5.75 Å². The third kappa shape index (κ3) is 8.32. The van der Waals surface area contributed by atoms with Crippen LogP contribution in [0, 0.1) is 6.92 Å². The number of benzene rings is 3. The van der Waals surface area contributed by atoms with E-state index in [2.05, 4.69) is 40.7 Å². The Morgan fingerprint density at radius 3 is 2.28 bits per heavy atom. The molecule has 4 rings (SSSR count). The molecule has 6 nitrogen and oxygen atoms in total. The van der Waals surface area contributed by atoms with Gasteiger partial charge in [-0.2, -0.15) is 0 Å². The van der Waals surface area contributed by atoms with Gasteiger partial charge in [0, 0.05) is 28.4 Å². The van der Waals surface area contributed by atoms with Gasteiger partial charge in [-0.1, -0.05) is 23.7 Å². The van der Waals surface area contributed by atoms with E-state index in [1.807, 2.05) is 6.92 Å². The summed E-state index contributed by atoms with van der Waals surface area (Å²) in [5.74, 6) is 1.27. The van der Waals surface area contributed by atoms with E-state index >= 15 is 0 Å². The van der Waals surface area contributed by atoms with Crippen LogP contribution in [0.3, 0.4) is 0 Å². The molecule has 1 saturated heterocycles. The lowest BCUT2D eigenvalue weighted by atomic mass is 9.88. The first-order chi connectivity index (χ1) is 18.9. The molecule has 3 aromatic carbocycles. The molecule has 0 atom stereocenters. The number of nitrogens with one attached hydrogen (secondary N) is 2. The largest absolute Gasteiger partial charge is 0.494 e. The van der Waals surface area contributed by atoms with E-state index in [-0.39, 0.29) is 11.8 Å². The molecule has 0 saturated carbocycles. The predicted octanol–water partition coefficient (Wildman–Crippen LogP) is 6.69. The Kier molecular flexibility index (Phi) is 10.4. The van der Waals surface area contributed by atoms with Gasteiger partial charge in [0.05, 0.1) is 6.61 Å². The summed E-state index contributed by atoms with van der Waals surface area (Å²) in [6.45, 7) is 8.73. The number of ether oxygens (including phenoxy) is 1.